The van der Waals surface area contributed by atoms with E-state index in [0.717, 1.165) is 43.9 Å². The van der Waals surface area contributed by atoms with Crippen LogP contribution in [0, 0.1) is 5.92 Å². The lowest BCUT2D eigenvalue weighted by atomic mass is 9.94. The van der Waals surface area contributed by atoms with Crippen LogP contribution in [0.5, 0.6) is 5.75 Å². The van der Waals surface area contributed by atoms with E-state index in [2.05, 4.69) is 58.1 Å². The predicted octanol–water partition coefficient (Wildman–Crippen LogP) is 4.31. The van der Waals surface area contributed by atoms with Gasteiger partial charge in [0, 0.05) is 48.8 Å². The van der Waals surface area contributed by atoms with Crippen molar-refractivity contribution in [3.05, 3.63) is 78.1 Å². The fourth-order valence-electron chi connectivity index (χ4n) is 4.68. The number of amides is 1. The molecule has 2 aromatic carbocycles. The second kappa shape index (κ2) is 7.90. The molecule has 5 nitrogen and oxygen atoms in total. The van der Waals surface area contributed by atoms with Crippen molar-refractivity contribution in [1.82, 2.24) is 4.57 Å². The molecule has 5 rings (SSSR count). The van der Waals surface area contributed by atoms with Gasteiger partial charge in [-0.25, -0.2) is 0 Å². The number of para-hydroxylation sites is 1. The molecule has 0 spiro atoms. The molecule has 2 aliphatic heterocycles. The highest BCUT2D eigenvalue weighted by atomic mass is 16.5. The first-order valence-corrected chi connectivity index (χ1v) is 10.7. The van der Waals surface area contributed by atoms with Gasteiger partial charge < -0.3 is 19.1 Å². The van der Waals surface area contributed by atoms with E-state index in [1.54, 1.807) is 7.11 Å². The number of hydrogen-bond donors (Lipinski definition) is 0. The highest BCUT2D eigenvalue weighted by Gasteiger charge is 2.31. The second-order valence-corrected chi connectivity index (χ2v) is 8.14. The summed E-state index contributed by atoms with van der Waals surface area (Å²) in [4.78, 5) is 18.0. The zero-order valence-corrected chi connectivity index (χ0v) is 17.3. The van der Waals surface area contributed by atoms with Crippen LogP contribution in [0.15, 0.2) is 66.9 Å². The molecule has 0 unspecified atom stereocenters. The Balaban J connectivity index is 1.32. The molecule has 0 N–H and O–H groups in total. The average Bonchev–Trinajstić information content (AvgIpc) is 3.18. The fraction of sp³-hybridized carbons (Fsp3) is 0.320. The molecule has 1 amide bonds. The van der Waals surface area contributed by atoms with Crippen LogP contribution in [-0.2, 0) is 17.9 Å². The summed E-state index contributed by atoms with van der Waals surface area (Å²) in [5.41, 5.74) is 4.65. The summed E-state index contributed by atoms with van der Waals surface area (Å²) < 4.78 is 7.51. The van der Waals surface area contributed by atoms with E-state index in [-0.39, 0.29) is 11.8 Å². The summed E-state index contributed by atoms with van der Waals surface area (Å²) in [6.45, 7) is 3.25. The van der Waals surface area contributed by atoms with Gasteiger partial charge in [-0.1, -0.05) is 18.2 Å². The molecule has 3 heterocycles. The quantitative estimate of drug-likeness (QED) is 0.656. The number of ether oxygens (including phenoxy) is 1. The molecule has 5 heteroatoms. The Bertz CT molecular complexity index is 1030. The molecule has 0 aliphatic carbocycles. The minimum Gasteiger partial charge on any atom is -0.497 e. The van der Waals surface area contributed by atoms with Gasteiger partial charge in [-0.15, -0.1) is 0 Å². The summed E-state index contributed by atoms with van der Waals surface area (Å²) in [5.74, 6) is 1.19. The Kier molecular flexibility index (Phi) is 4.95. The van der Waals surface area contributed by atoms with Crippen molar-refractivity contribution < 1.29 is 9.53 Å². The van der Waals surface area contributed by atoms with Gasteiger partial charge in [0.05, 0.1) is 13.7 Å². The second-order valence-electron chi connectivity index (χ2n) is 8.14. The van der Waals surface area contributed by atoms with Crippen molar-refractivity contribution in [3.8, 4) is 5.75 Å². The smallest absolute Gasteiger partial charge is 0.230 e. The Hall–Kier alpha value is -3.21. The molecule has 1 saturated heterocycles. The molecule has 0 radical (unpaired) electrons. The van der Waals surface area contributed by atoms with Crippen molar-refractivity contribution in [2.75, 3.05) is 30.0 Å². The lowest BCUT2D eigenvalue weighted by Gasteiger charge is -2.35. The molecule has 0 bridgehead atoms. The van der Waals surface area contributed by atoms with E-state index in [4.69, 9.17) is 4.74 Å². The third-order valence-electron chi connectivity index (χ3n) is 6.41. The summed E-state index contributed by atoms with van der Waals surface area (Å²) in [6, 6.07) is 20.7. The normalized spacial score (nSPS) is 16.6. The molecule has 2 aliphatic rings. The van der Waals surface area contributed by atoms with Crippen LogP contribution in [0.4, 0.5) is 11.4 Å². The number of anilines is 2. The van der Waals surface area contributed by atoms with Crippen molar-refractivity contribution in [1.29, 1.82) is 0 Å². The summed E-state index contributed by atoms with van der Waals surface area (Å²) in [7, 11) is 1.68. The standard InChI is InChI=1S/C25H27N3O2/c1-30-23-10-8-21(9-11-23)26-15-12-19(13-16-26)25(29)28-18-22-6-4-14-27(22)17-20-5-2-3-7-24(20)28/h2-11,14,19H,12-13,15-18H2,1H3. The van der Waals surface area contributed by atoms with Crippen molar-refractivity contribution in [2.45, 2.75) is 25.9 Å². The maximum absolute atomic E-state index is 13.6. The summed E-state index contributed by atoms with van der Waals surface area (Å²) in [6.07, 6.45) is 3.86. The number of carbonyl (C=O) groups is 1. The molecule has 1 aromatic heterocycles. The minimum absolute atomic E-state index is 0.0640. The van der Waals surface area contributed by atoms with E-state index in [9.17, 15) is 4.79 Å². The molecular formula is C25H27N3O2. The van der Waals surface area contributed by atoms with Gasteiger partial charge in [0.1, 0.15) is 5.75 Å². The predicted molar refractivity (Wildman–Crippen MR) is 119 cm³/mol. The molecule has 30 heavy (non-hydrogen) atoms. The van der Waals surface area contributed by atoms with Crippen LogP contribution < -0.4 is 14.5 Å². The molecule has 0 saturated carbocycles. The van der Waals surface area contributed by atoms with Crippen LogP contribution in [0.3, 0.4) is 0 Å². The molecule has 3 aromatic rings. The maximum atomic E-state index is 13.6. The number of methoxy groups -OCH3 is 1. The van der Waals surface area contributed by atoms with Gasteiger partial charge in [-0.3, -0.25) is 4.79 Å². The van der Waals surface area contributed by atoms with E-state index >= 15 is 0 Å². The van der Waals surface area contributed by atoms with Crippen molar-refractivity contribution in [3.63, 3.8) is 0 Å². The van der Waals surface area contributed by atoms with E-state index in [1.807, 2.05) is 23.1 Å². The Morgan fingerprint density at radius 1 is 0.933 bits per heavy atom. The lowest BCUT2D eigenvalue weighted by Crippen LogP contribution is -2.42. The first kappa shape index (κ1) is 18.8. The van der Waals surface area contributed by atoms with Gasteiger partial charge in [0.2, 0.25) is 5.91 Å². The number of rotatable bonds is 3. The van der Waals surface area contributed by atoms with Crippen LogP contribution >= 0.6 is 0 Å². The van der Waals surface area contributed by atoms with E-state index in [0.29, 0.717) is 6.54 Å². The van der Waals surface area contributed by atoms with Gasteiger partial charge in [-0.05, 0) is 60.9 Å². The third kappa shape index (κ3) is 3.45. The van der Waals surface area contributed by atoms with E-state index < -0.39 is 0 Å². The lowest BCUT2D eigenvalue weighted by molar-refractivity contribution is -0.123. The van der Waals surface area contributed by atoms with Gasteiger partial charge >= 0.3 is 0 Å². The zero-order valence-electron chi connectivity index (χ0n) is 17.3. The van der Waals surface area contributed by atoms with E-state index in [1.165, 1.54) is 16.9 Å². The number of fused-ring (bicyclic) bond motifs is 2. The van der Waals surface area contributed by atoms with Gasteiger partial charge in [0.25, 0.3) is 0 Å². The fourth-order valence-corrected chi connectivity index (χ4v) is 4.68. The minimum atomic E-state index is 0.0640. The number of nitrogens with zero attached hydrogens (tertiary/aromatic N) is 3. The first-order valence-electron chi connectivity index (χ1n) is 10.7. The van der Waals surface area contributed by atoms with Crippen molar-refractivity contribution in [2.24, 2.45) is 5.92 Å². The van der Waals surface area contributed by atoms with Crippen LogP contribution in [-0.4, -0.2) is 30.7 Å². The third-order valence-corrected chi connectivity index (χ3v) is 6.41. The Morgan fingerprint density at radius 3 is 2.47 bits per heavy atom. The van der Waals surface area contributed by atoms with Gasteiger partial charge in [0.15, 0.2) is 0 Å². The molecule has 0 atom stereocenters. The molecule has 1 fully saturated rings. The number of carbonyl (C=O) groups excluding carboxylic acids is 1. The van der Waals surface area contributed by atoms with Crippen LogP contribution in [0.25, 0.3) is 0 Å². The Labute approximate surface area is 177 Å². The largest absolute Gasteiger partial charge is 0.497 e. The topological polar surface area (TPSA) is 37.7 Å². The highest BCUT2D eigenvalue weighted by molar-refractivity contribution is 5.96. The molecular weight excluding hydrogens is 374 g/mol. The molecule has 154 valence electrons. The number of piperidine rings is 1. The number of aromatic nitrogens is 1. The van der Waals surface area contributed by atoms with Crippen LogP contribution in [0.1, 0.15) is 24.1 Å². The summed E-state index contributed by atoms with van der Waals surface area (Å²) in [5, 5.41) is 0. The SMILES string of the molecule is COc1ccc(N2CCC(C(=O)N3Cc4cccn4Cc4ccccc43)CC2)cc1. The summed E-state index contributed by atoms with van der Waals surface area (Å²) >= 11 is 0. The first-order chi connectivity index (χ1) is 14.7. The monoisotopic (exact) mass is 401 g/mol. The highest BCUT2D eigenvalue weighted by Crippen LogP contribution is 2.32. The zero-order chi connectivity index (χ0) is 20.5. The Morgan fingerprint density at radius 2 is 1.70 bits per heavy atom. The number of benzene rings is 2. The van der Waals surface area contributed by atoms with Crippen LogP contribution in [0.2, 0.25) is 0 Å². The average molecular weight is 402 g/mol. The van der Waals surface area contributed by atoms with Crippen molar-refractivity contribution >= 4 is 17.3 Å². The van der Waals surface area contributed by atoms with Gasteiger partial charge in [-0.2, -0.15) is 0 Å². The number of hydrogen-bond acceptors (Lipinski definition) is 3. The maximum Gasteiger partial charge on any atom is 0.230 e.